The average molecular weight is 301 g/mol. The second-order valence-electron chi connectivity index (χ2n) is 4.01. The van der Waals surface area contributed by atoms with Crippen LogP contribution in [0.15, 0.2) is 35.7 Å². The van der Waals surface area contributed by atoms with E-state index in [9.17, 15) is 8.42 Å². The van der Waals surface area contributed by atoms with Gasteiger partial charge in [-0.3, -0.25) is 4.57 Å². The molecule has 0 unspecified atom stereocenters. The smallest absolute Gasteiger partial charge is 0.232 e. The van der Waals surface area contributed by atoms with E-state index in [0.29, 0.717) is 10.7 Å². The summed E-state index contributed by atoms with van der Waals surface area (Å²) < 4.78 is 25.5. The van der Waals surface area contributed by atoms with E-state index in [1.54, 1.807) is 31.3 Å². The van der Waals surface area contributed by atoms with Crippen LogP contribution in [0.5, 0.6) is 0 Å². The van der Waals surface area contributed by atoms with Crippen LogP contribution in [-0.2, 0) is 9.84 Å². The van der Waals surface area contributed by atoms with Crippen molar-refractivity contribution in [3.05, 3.63) is 41.2 Å². The van der Waals surface area contributed by atoms with Crippen LogP contribution in [0.3, 0.4) is 0 Å². The van der Waals surface area contributed by atoms with Gasteiger partial charge < -0.3 is 5.11 Å². The number of sulfone groups is 1. The maximum Gasteiger partial charge on any atom is 0.232 e. The van der Waals surface area contributed by atoms with Crippen LogP contribution in [-0.4, -0.2) is 35.4 Å². The summed E-state index contributed by atoms with van der Waals surface area (Å²) >= 11 is 6.04. The number of aromatic nitrogens is 2. The lowest BCUT2D eigenvalue weighted by molar-refractivity contribution is 0.319. The van der Waals surface area contributed by atoms with Crippen molar-refractivity contribution < 1.29 is 13.5 Å². The van der Waals surface area contributed by atoms with Gasteiger partial charge in [0.15, 0.2) is 0 Å². The molecule has 2 aromatic rings. The summed E-state index contributed by atoms with van der Waals surface area (Å²) in [7, 11) is -3.62. The van der Waals surface area contributed by atoms with Gasteiger partial charge in [0, 0.05) is 17.4 Å². The zero-order valence-corrected chi connectivity index (χ0v) is 11.8. The first-order valence-electron chi connectivity index (χ1n) is 5.60. The molecule has 0 aliphatic carbocycles. The summed E-state index contributed by atoms with van der Waals surface area (Å²) in [5.74, 6) is -0.358. The number of hydrogen-bond donors (Lipinski definition) is 1. The van der Waals surface area contributed by atoms with Gasteiger partial charge in [-0.15, -0.1) is 0 Å². The zero-order chi connectivity index (χ0) is 14.0. The first-order valence-corrected chi connectivity index (χ1v) is 7.63. The van der Waals surface area contributed by atoms with Crippen LogP contribution >= 0.6 is 11.6 Å². The van der Waals surface area contributed by atoms with Crippen molar-refractivity contribution in [3.63, 3.8) is 0 Å². The van der Waals surface area contributed by atoms with E-state index in [1.807, 2.05) is 0 Å². The molecule has 0 bridgehead atoms. The lowest BCUT2D eigenvalue weighted by Crippen LogP contribution is -2.15. The molecule has 0 saturated carbocycles. The molecule has 1 aromatic carbocycles. The van der Waals surface area contributed by atoms with Crippen LogP contribution in [0.2, 0.25) is 5.02 Å². The average Bonchev–Trinajstić information content (AvgIpc) is 2.82. The number of halogens is 1. The molecule has 1 N–H and O–H groups in total. The van der Waals surface area contributed by atoms with Crippen LogP contribution in [0.25, 0.3) is 5.69 Å². The van der Waals surface area contributed by atoms with Gasteiger partial charge in [-0.05, 0) is 24.6 Å². The number of benzene rings is 1. The third-order valence-corrected chi connectivity index (χ3v) is 4.73. The number of nitrogens with zero attached hydrogens (tertiary/aromatic N) is 2. The monoisotopic (exact) mass is 300 g/mol. The van der Waals surface area contributed by atoms with Gasteiger partial charge in [0.25, 0.3) is 0 Å². The molecule has 5 nitrogen and oxygen atoms in total. The minimum Gasteiger partial charge on any atom is -0.395 e. The molecule has 0 spiro atoms. The Morgan fingerprint density at radius 1 is 1.42 bits per heavy atom. The molecular formula is C12H13ClN2O3S. The Labute approximate surface area is 116 Å². The molecule has 0 amide bonds. The van der Waals surface area contributed by atoms with Crippen LogP contribution in [0.1, 0.15) is 5.56 Å². The van der Waals surface area contributed by atoms with E-state index >= 15 is 0 Å². The fraction of sp³-hybridized carbons (Fsp3) is 0.250. The third kappa shape index (κ3) is 2.65. The second-order valence-corrected chi connectivity index (χ2v) is 6.42. The molecule has 0 atom stereocenters. The predicted molar refractivity (Wildman–Crippen MR) is 72.4 cm³/mol. The topological polar surface area (TPSA) is 72.2 Å². The van der Waals surface area contributed by atoms with Crippen molar-refractivity contribution in [3.8, 4) is 5.69 Å². The molecule has 7 heteroatoms. The van der Waals surface area contributed by atoms with Crippen molar-refractivity contribution in [1.82, 2.24) is 9.55 Å². The summed E-state index contributed by atoms with van der Waals surface area (Å²) in [5.41, 5.74) is 1.42. The first-order chi connectivity index (χ1) is 8.97. The van der Waals surface area contributed by atoms with Gasteiger partial charge in [-0.2, -0.15) is 0 Å². The summed E-state index contributed by atoms with van der Waals surface area (Å²) in [6.45, 7) is 1.36. The normalized spacial score (nSPS) is 11.7. The lowest BCUT2D eigenvalue weighted by atomic mass is 10.2. The number of imidazole rings is 1. The standard InChI is InChI=1S/C12H13ClN2O3S/c1-9-10(13)3-2-4-11(9)15-6-5-14-12(15)19(17,18)8-7-16/h2-6,16H,7-8H2,1H3. The predicted octanol–water partition coefficient (Wildman–Crippen LogP) is 1.60. The highest BCUT2D eigenvalue weighted by Gasteiger charge is 2.21. The van der Waals surface area contributed by atoms with E-state index in [1.165, 1.54) is 10.8 Å². The van der Waals surface area contributed by atoms with E-state index in [0.717, 1.165) is 5.56 Å². The zero-order valence-electron chi connectivity index (χ0n) is 10.2. The Morgan fingerprint density at radius 2 is 2.16 bits per heavy atom. The molecule has 2 rings (SSSR count). The highest BCUT2D eigenvalue weighted by molar-refractivity contribution is 7.91. The number of aliphatic hydroxyl groups excluding tert-OH is 1. The minimum atomic E-state index is -3.62. The fourth-order valence-corrected chi connectivity index (χ4v) is 3.04. The maximum atomic E-state index is 12.0. The Kier molecular flexibility index (Phi) is 3.93. The van der Waals surface area contributed by atoms with Gasteiger partial charge >= 0.3 is 0 Å². The van der Waals surface area contributed by atoms with Gasteiger partial charge in [0.05, 0.1) is 18.0 Å². The molecular weight excluding hydrogens is 288 g/mol. The number of aliphatic hydroxyl groups is 1. The largest absolute Gasteiger partial charge is 0.395 e. The quantitative estimate of drug-likeness (QED) is 0.931. The Hall–Kier alpha value is -1.37. The Morgan fingerprint density at radius 3 is 2.84 bits per heavy atom. The molecule has 0 fully saturated rings. The molecule has 1 heterocycles. The fourth-order valence-electron chi connectivity index (χ4n) is 1.77. The number of rotatable bonds is 4. The number of hydrogen-bond acceptors (Lipinski definition) is 4. The van der Waals surface area contributed by atoms with Crippen molar-refractivity contribution >= 4 is 21.4 Å². The molecule has 1 aromatic heterocycles. The summed E-state index contributed by atoms with van der Waals surface area (Å²) in [6, 6.07) is 5.24. The Balaban J connectivity index is 2.60. The van der Waals surface area contributed by atoms with Gasteiger partial charge in [0.1, 0.15) is 0 Å². The molecule has 19 heavy (non-hydrogen) atoms. The summed E-state index contributed by atoms with van der Waals surface area (Å²) in [5, 5.41) is 9.29. The Bertz CT molecular complexity index is 695. The van der Waals surface area contributed by atoms with E-state index in [2.05, 4.69) is 4.98 Å². The van der Waals surface area contributed by atoms with Crippen molar-refractivity contribution in [1.29, 1.82) is 0 Å². The minimum absolute atomic E-state index is 0.0908. The van der Waals surface area contributed by atoms with Crippen LogP contribution in [0, 0.1) is 6.92 Å². The van der Waals surface area contributed by atoms with Gasteiger partial charge in [-0.25, -0.2) is 13.4 Å². The molecule has 102 valence electrons. The highest BCUT2D eigenvalue weighted by atomic mass is 35.5. The first kappa shape index (κ1) is 14.0. The van der Waals surface area contributed by atoms with E-state index in [-0.39, 0.29) is 10.9 Å². The highest BCUT2D eigenvalue weighted by Crippen LogP contribution is 2.24. The molecule has 0 saturated heterocycles. The van der Waals surface area contributed by atoms with Crippen LogP contribution < -0.4 is 0 Å². The van der Waals surface area contributed by atoms with Crippen molar-refractivity contribution in [2.75, 3.05) is 12.4 Å². The van der Waals surface area contributed by atoms with E-state index in [4.69, 9.17) is 16.7 Å². The van der Waals surface area contributed by atoms with Crippen molar-refractivity contribution in [2.45, 2.75) is 12.1 Å². The summed E-state index contributed by atoms with van der Waals surface area (Å²) in [6.07, 6.45) is 2.97. The molecule has 0 aliphatic rings. The SMILES string of the molecule is Cc1c(Cl)cccc1-n1ccnc1S(=O)(=O)CCO. The second kappa shape index (κ2) is 5.32. The van der Waals surface area contributed by atoms with Gasteiger partial charge in [-0.1, -0.05) is 17.7 Å². The van der Waals surface area contributed by atoms with E-state index < -0.39 is 16.4 Å². The van der Waals surface area contributed by atoms with Crippen molar-refractivity contribution in [2.24, 2.45) is 0 Å². The molecule has 0 radical (unpaired) electrons. The third-order valence-electron chi connectivity index (χ3n) is 2.74. The maximum absolute atomic E-state index is 12.0. The van der Waals surface area contributed by atoms with Gasteiger partial charge in [0.2, 0.25) is 15.0 Å². The summed E-state index contributed by atoms with van der Waals surface area (Å²) in [4.78, 5) is 3.87. The lowest BCUT2D eigenvalue weighted by Gasteiger charge is -2.11. The van der Waals surface area contributed by atoms with Crippen LogP contribution in [0.4, 0.5) is 0 Å². The molecule has 0 aliphatic heterocycles.